The van der Waals surface area contributed by atoms with Crippen molar-refractivity contribution < 1.29 is 10.0 Å². The third kappa shape index (κ3) is 4.11. The van der Waals surface area contributed by atoms with Crippen LogP contribution >= 0.6 is 0 Å². The lowest BCUT2D eigenvalue weighted by molar-refractivity contribution is -0.122. The highest BCUT2D eigenvalue weighted by Gasteiger charge is 2.25. The van der Waals surface area contributed by atoms with Gasteiger partial charge in [-0.3, -0.25) is 4.79 Å². The second-order valence-corrected chi connectivity index (χ2v) is 3.76. The molecule has 0 aliphatic carbocycles. The minimum atomic E-state index is -0.792. The fourth-order valence-electron chi connectivity index (χ4n) is 0.937. The maximum atomic E-state index is 11.3. The van der Waals surface area contributed by atoms with Gasteiger partial charge < -0.3 is 16.3 Å². The zero-order valence-electron chi connectivity index (χ0n) is 9.00. The lowest BCUT2D eigenvalue weighted by atomic mass is 10.0. The van der Waals surface area contributed by atoms with Gasteiger partial charge in [0.1, 0.15) is 0 Å². The van der Waals surface area contributed by atoms with E-state index in [2.05, 4.69) is 10.5 Å². The summed E-state index contributed by atoms with van der Waals surface area (Å²) in [7, 11) is 0. The van der Waals surface area contributed by atoms with Crippen molar-refractivity contribution in [1.29, 1.82) is 0 Å². The van der Waals surface area contributed by atoms with Crippen molar-refractivity contribution in [2.45, 2.75) is 45.6 Å². The minimum absolute atomic E-state index is 0.00217. The Morgan fingerprint density at radius 1 is 1.57 bits per heavy atom. The fraction of sp³-hybridized carbons (Fsp3) is 0.778. The zero-order chi connectivity index (χ0) is 11.2. The Balaban J connectivity index is 4.15. The zero-order valence-corrected chi connectivity index (χ0v) is 9.00. The van der Waals surface area contributed by atoms with Crippen molar-refractivity contribution in [2.24, 2.45) is 10.9 Å². The number of hydrogen-bond donors (Lipinski definition) is 3. The van der Waals surface area contributed by atoms with Gasteiger partial charge in [-0.2, -0.15) is 0 Å². The molecule has 0 aromatic carbocycles. The van der Waals surface area contributed by atoms with Crippen LogP contribution in [0.5, 0.6) is 0 Å². The van der Waals surface area contributed by atoms with Crippen LogP contribution in [0.1, 0.15) is 40.0 Å². The highest BCUT2D eigenvalue weighted by molar-refractivity contribution is 5.93. The van der Waals surface area contributed by atoms with E-state index < -0.39 is 5.54 Å². The van der Waals surface area contributed by atoms with Crippen LogP contribution in [-0.2, 0) is 4.79 Å². The van der Waals surface area contributed by atoms with Crippen LogP contribution in [0.2, 0.25) is 0 Å². The maximum absolute atomic E-state index is 11.3. The quantitative estimate of drug-likeness (QED) is 0.266. The Hall–Kier alpha value is -1.26. The van der Waals surface area contributed by atoms with Crippen molar-refractivity contribution in [3.63, 3.8) is 0 Å². The predicted octanol–water partition coefficient (Wildman–Crippen LogP) is 0.818. The molecule has 0 unspecified atom stereocenters. The van der Waals surface area contributed by atoms with E-state index in [1.54, 1.807) is 13.8 Å². The monoisotopic (exact) mass is 201 g/mol. The van der Waals surface area contributed by atoms with E-state index in [9.17, 15) is 4.79 Å². The second kappa shape index (κ2) is 5.47. The Labute approximate surface area is 84.4 Å². The van der Waals surface area contributed by atoms with Gasteiger partial charge in [0, 0.05) is 6.42 Å². The lowest BCUT2D eigenvalue weighted by Gasteiger charge is -2.24. The standard InChI is InChI=1S/C9H19N3O2/c1-4-5-6-7(13)11-9(2,3)8(10)12-14/h14H,4-6H2,1-3H3,(H2,10,12)(H,11,13). The summed E-state index contributed by atoms with van der Waals surface area (Å²) in [5.74, 6) is -0.0780. The molecule has 0 radical (unpaired) electrons. The van der Waals surface area contributed by atoms with Gasteiger partial charge in [0.15, 0.2) is 5.84 Å². The molecule has 0 atom stereocenters. The number of oxime groups is 1. The molecule has 0 saturated heterocycles. The molecule has 0 saturated carbocycles. The maximum Gasteiger partial charge on any atom is 0.220 e. The molecule has 0 fully saturated rings. The molecule has 1 amide bonds. The van der Waals surface area contributed by atoms with Gasteiger partial charge in [-0.15, -0.1) is 0 Å². The molecule has 0 aromatic rings. The van der Waals surface area contributed by atoms with Gasteiger partial charge in [-0.05, 0) is 20.3 Å². The smallest absolute Gasteiger partial charge is 0.220 e. The summed E-state index contributed by atoms with van der Waals surface area (Å²) in [4.78, 5) is 11.3. The Morgan fingerprint density at radius 2 is 2.14 bits per heavy atom. The highest BCUT2D eigenvalue weighted by Crippen LogP contribution is 2.03. The molecule has 4 N–H and O–H groups in total. The number of amides is 1. The van der Waals surface area contributed by atoms with Gasteiger partial charge in [-0.25, -0.2) is 0 Å². The average Bonchev–Trinajstić information content (AvgIpc) is 2.12. The van der Waals surface area contributed by atoms with Gasteiger partial charge in [0.2, 0.25) is 5.91 Å². The molecule has 5 heteroatoms. The SMILES string of the molecule is CCCCC(=O)NC(C)(C)/C(N)=N/O. The molecule has 0 bridgehead atoms. The minimum Gasteiger partial charge on any atom is -0.409 e. The van der Waals surface area contributed by atoms with Crippen LogP contribution in [0.15, 0.2) is 5.16 Å². The van der Waals surface area contributed by atoms with Crippen molar-refractivity contribution in [3.8, 4) is 0 Å². The first-order valence-electron chi connectivity index (χ1n) is 4.73. The Bertz CT molecular complexity index is 224. The van der Waals surface area contributed by atoms with Crippen molar-refractivity contribution >= 4 is 11.7 Å². The molecule has 82 valence electrons. The van der Waals surface area contributed by atoms with E-state index in [-0.39, 0.29) is 11.7 Å². The number of carbonyl (C=O) groups excluding carboxylic acids is 1. The molecule has 5 nitrogen and oxygen atoms in total. The van der Waals surface area contributed by atoms with Gasteiger partial charge in [-0.1, -0.05) is 18.5 Å². The van der Waals surface area contributed by atoms with Crippen molar-refractivity contribution in [1.82, 2.24) is 5.32 Å². The van der Waals surface area contributed by atoms with E-state index in [1.807, 2.05) is 6.92 Å². The van der Waals surface area contributed by atoms with Crippen LogP contribution in [0.3, 0.4) is 0 Å². The summed E-state index contributed by atoms with van der Waals surface area (Å²) < 4.78 is 0. The van der Waals surface area contributed by atoms with Crippen LogP contribution in [0, 0.1) is 0 Å². The molecular formula is C9H19N3O2. The molecule has 0 aliphatic rings. The average molecular weight is 201 g/mol. The number of carbonyl (C=O) groups is 1. The summed E-state index contributed by atoms with van der Waals surface area (Å²) in [6.45, 7) is 5.39. The molecule has 0 heterocycles. The van der Waals surface area contributed by atoms with Crippen LogP contribution < -0.4 is 11.1 Å². The third-order valence-corrected chi connectivity index (χ3v) is 1.96. The highest BCUT2D eigenvalue weighted by atomic mass is 16.4. The van der Waals surface area contributed by atoms with Crippen LogP contribution in [-0.4, -0.2) is 22.5 Å². The van der Waals surface area contributed by atoms with E-state index in [4.69, 9.17) is 10.9 Å². The van der Waals surface area contributed by atoms with Gasteiger partial charge >= 0.3 is 0 Å². The van der Waals surface area contributed by atoms with Crippen LogP contribution in [0.25, 0.3) is 0 Å². The summed E-state index contributed by atoms with van der Waals surface area (Å²) in [5, 5.41) is 14.0. The topological polar surface area (TPSA) is 87.7 Å². The number of nitrogens with one attached hydrogen (secondary N) is 1. The fourth-order valence-corrected chi connectivity index (χ4v) is 0.937. The summed E-state index contributed by atoms with van der Waals surface area (Å²) in [5.41, 5.74) is 4.62. The number of nitrogens with two attached hydrogens (primary N) is 1. The summed E-state index contributed by atoms with van der Waals surface area (Å²) in [6.07, 6.45) is 2.29. The molecule has 0 aliphatic heterocycles. The Kier molecular flexibility index (Phi) is 4.97. The Morgan fingerprint density at radius 3 is 2.57 bits per heavy atom. The third-order valence-electron chi connectivity index (χ3n) is 1.96. The van der Waals surface area contributed by atoms with Gasteiger partial charge in [0.25, 0.3) is 0 Å². The van der Waals surface area contributed by atoms with Crippen molar-refractivity contribution in [3.05, 3.63) is 0 Å². The molecule has 0 aromatic heterocycles. The molecular weight excluding hydrogens is 182 g/mol. The summed E-state index contributed by atoms with van der Waals surface area (Å²) >= 11 is 0. The molecule has 0 rings (SSSR count). The van der Waals surface area contributed by atoms with E-state index in [0.717, 1.165) is 12.8 Å². The van der Waals surface area contributed by atoms with E-state index in [1.165, 1.54) is 0 Å². The van der Waals surface area contributed by atoms with Crippen LogP contribution in [0.4, 0.5) is 0 Å². The second-order valence-electron chi connectivity index (χ2n) is 3.76. The van der Waals surface area contributed by atoms with E-state index >= 15 is 0 Å². The number of rotatable bonds is 5. The van der Waals surface area contributed by atoms with E-state index in [0.29, 0.717) is 6.42 Å². The molecule has 14 heavy (non-hydrogen) atoms. The molecule has 0 spiro atoms. The first-order valence-corrected chi connectivity index (χ1v) is 4.73. The van der Waals surface area contributed by atoms with Crippen molar-refractivity contribution in [2.75, 3.05) is 0 Å². The predicted molar refractivity (Wildman–Crippen MR) is 55.2 cm³/mol. The number of hydrogen-bond acceptors (Lipinski definition) is 3. The number of nitrogens with zero attached hydrogens (tertiary/aromatic N) is 1. The first-order chi connectivity index (χ1) is 6.44. The number of amidine groups is 1. The lowest BCUT2D eigenvalue weighted by Crippen LogP contribution is -2.53. The van der Waals surface area contributed by atoms with Gasteiger partial charge in [0.05, 0.1) is 5.54 Å². The normalized spacial score (nSPS) is 12.6. The first kappa shape index (κ1) is 12.7. The largest absolute Gasteiger partial charge is 0.409 e. The number of unbranched alkanes of at least 4 members (excludes halogenated alkanes) is 1. The summed E-state index contributed by atoms with van der Waals surface area (Å²) in [6, 6.07) is 0.